The minimum atomic E-state index is -0.344. The first-order chi connectivity index (χ1) is 10.5. The fraction of sp³-hybridized carbons (Fsp3) is 0.562. The molecule has 2 aliphatic heterocycles. The van der Waals surface area contributed by atoms with Crippen molar-refractivity contribution in [2.24, 2.45) is 0 Å². The summed E-state index contributed by atoms with van der Waals surface area (Å²) in [5.41, 5.74) is 2.51. The molecule has 2 aliphatic rings. The van der Waals surface area contributed by atoms with Gasteiger partial charge in [0.25, 0.3) is 5.91 Å². The Balaban J connectivity index is 1.80. The number of Topliss-reactive ketones (excluding diaryl/α,β-unsaturated/α-hetero) is 1. The fourth-order valence-corrected chi connectivity index (χ4v) is 3.63. The van der Waals surface area contributed by atoms with Gasteiger partial charge in [0.05, 0.1) is 6.54 Å². The lowest BCUT2D eigenvalue weighted by atomic mass is 10.1. The van der Waals surface area contributed by atoms with E-state index in [0.29, 0.717) is 18.5 Å². The summed E-state index contributed by atoms with van der Waals surface area (Å²) in [6.45, 7) is 7.13. The summed E-state index contributed by atoms with van der Waals surface area (Å²) < 4.78 is 2.05. The van der Waals surface area contributed by atoms with E-state index in [-0.39, 0.29) is 30.3 Å². The van der Waals surface area contributed by atoms with Crippen LogP contribution in [0.4, 0.5) is 4.79 Å². The molecule has 1 aromatic rings. The van der Waals surface area contributed by atoms with E-state index in [9.17, 15) is 14.4 Å². The summed E-state index contributed by atoms with van der Waals surface area (Å²) in [6.07, 6.45) is 1.57. The first-order valence-electron chi connectivity index (χ1n) is 7.77. The lowest BCUT2D eigenvalue weighted by molar-refractivity contribution is -0.127. The topological polar surface area (TPSA) is 62.6 Å². The zero-order valence-electron chi connectivity index (χ0n) is 13.3. The maximum absolute atomic E-state index is 12.5. The second kappa shape index (κ2) is 5.26. The van der Waals surface area contributed by atoms with Crippen LogP contribution in [0.3, 0.4) is 0 Å². The van der Waals surface area contributed by atoms with Crippen molar-refractivity contribution < 1.29 is 14.4 Å². The van der Waals surface area contributed by atoms with Crippen LogP contribution in [-0.4, -0.2) is 51.2 Å². The zero-order valence-corrected chi connectivity index (χ0v) is 13.3. The number of hydrogen-bond donors (Lipinski definition) is 0. The minimum Gasteiger partial charge on any atom is -0.349 e. The number of aromatic nitrogens is 1. The number of rotatable bonds is 4. The van der Waals surface area contributed by atoms with E-state index in [1.165, 1.54) is 0 Å². The van der Waals surface area contributed by atoms with Crippen molar-refractivity contribution in [3.63, 3.8) is 0 Å². The summed E-state index contributed by atoms with van der Waals surface area (Å²) in [7, 11) is 0. The molecule has 0 unspecified atom stereocenters. The van der Waals surface area contributed by atoms with E-state index in [0.717, 1.165) is 29.3 Å². The van der Waals surface area contributed by atoms with Crippen molar-refractivity contribution in [2.75, 3.05) is 13.1 Å². The molecule has 0 radical (unpaired) electrons. The van der Waals surface area contributed by atoms with E-state index in [2.05, 4.69) is 4.57 Å². The van der Waals surface area contributed by atoms with Gasteiger partial charge in [-0.2, -0.15) is 0 Å². The molecule has 3 amide bonds. The van der Waals surface area contributed by atoms with Crippen LogP contribution in [-0.2, 0) is 11.3 Å². The van der Waals surface area contributed by atoms with Gasteiger partial charge in [0.15, 0.2) is 5.78 Å². The van der Waals surface area contributed by atoms with Crippen molar-refractivity contribution in [1.82, 2.24) is 14.4 Å². The number of ketones is 1. The maximum atomic E-state index is 12.5. The molecule has 1 aromatic heterocycles. The van der Waals surface area contributed by atoms with E-state index in [1.807, 2.05) is 26.8 Å². The standard InChI is InChI=1S/C16H21N3O3/c1-4-17-10(2)8-12(11(17)3)14(20)9-19-15(21)13-6-5-7-18(13)16(19)22/h8,13H,4-7,9H2,1-3H3/t13-/m0/s1. The Bertz CT molecular complexity index is 640. The molecule has 0 spiro atoms. The number of aryl methyl sites for hydroxylation is 1. The summed E-state index contributed by atoms with van der Waals surface area (Å²) in [4.78, 5) is 39.8. The van der Waals surface area contributed by atoms with Gasteiger partial charge in [-0.1, -0.05) is 0 Å². The highest BCUT2D eigenvalue weighted by Crippen LogP contribution is 2.27. The molecule has 1 atom stereocenters. The zero-order chi connectivity index (χ0) is 16.0. The average Bonchev–Trinajstić information content (AvgIpc) is 3.12. The highest BCUT2D eigenvalue weighted by atomic mass is 16.2. The molecule has 0 aliphatic carbocycles. The molecule has 0 bridgehead atoms. The van der Waals surface area contributed by atoms with Crippen LogP contribution in [0.25, 0.3) is 0 Å². The maximum Gasteiger partial charge on any atom is 0.327 e. The number of fused-ring (bicyclic) bond motifs is 1. The fourth-order valence-electron chi connectivity index (χ4n) is 3.63. The van der Waals surface area contributed by atoms with Crippen molar-refractivity contribution in [3.8, 4) is 0 Å². The molecule has 6 heteroatoms. The minimum absolute atomic E-state index is 0.154. The Morgan fingerprint density at radius 3 is 2.64 bits per heavy atom. The van der Waals surface area contributed by atoms with Crippen molar-refractivity contribution in [3.05, 3.63) is 23.0 Å². The molecular formula is C16H21N3O3. The van der Waals surface area contributed by atoms with Gasteiger partial charge in [-0.05, 0) is 39.7 Å². The normalized spacial score (nSPS) is 21.0. The summed E-state index contributed by atoms with van der Waals surface area (Å²) in [5, 5.41) is 0. The van der Waals surface area contributed by atoms with Gasteiger partial charge in [-0.15, -0.1) is 0 Å². The molecule has 0 aromatic carbocycles. The van der Waals surface area contributed by atoms with Gasteiger partial charge in [-0.25, -0.2) is 4.79 Å². The number of nitrogens with zero attached hydrogens (tertiary/aromatic N) is 3. The van der Waals surface area contributed by atoms with E-state index >= 15 is 0 Å². The first-order valence-corrected chi connectivity index (χ1v) is 7.77. The number of hydrogen-bond acceptors (Lipinski definition) is 3. The molecule has 3 heterocycles. The second-order valence-corrected chi connectivity index (χ2v) is 6.01. The van der Waals surface area contributed by atoms with Gasteiger partial charge < -0.3 is 9.47 Å². The van der Waals surface area contributed by atoms with Crippen LogP contribution < -0.4 is 0 Å². The summed E-state index contributed by atoms with van der Waals surface area (Å²) >= 11 is 0. The lowest BCUT2D eigenvalue weighted by Crippen LogP contribution is -2.37. The van der Waals surface area contributed by atoms with Gasteiger partial charge in [-0.3, -0.25) is 14.5 Å². The molecule has 3 rings (SSSR count). The van der Waals surface area contributed by atoms with Crippen LogP contribution >= 0.6 is 0 Å². The number of urea groups is 1. The van der Waals surface area contributed by atoms with Crippen LogP contribution in [0.2, 0.25) is 0 Å². The molecule has 22 heavy (non-hydrogen) atoms. The molecular weight excluding hydrogens is 282 g/mol. The highest BCUT2D eigenvalue weighted by molar-refractivity contribution is 6.09. The predicted molar refractivity (Wildman–Crippen MR) is 80.7 cm³/mol. The molecule has 2 saturated heterocycles. The first kappa shape index (κ1) is 14.8. The summed E-state index contributed by atoms with van der Waals surface area (Å²) in [6, 6.07) is 1.18. The van der Waals surface area contributed by atoms with Crippen LogP contribution in [0.1, 0.15) is 41.5 Å². The Labute approximate surface area is 129 Å². The van der Waals surface area contributed by atoms with Crippen molar-refractivity contribution in [2.45, 2.75) is 46.2 Å². The number of carbonyl (C=O) groups is 3. The number of amides is 3. The van der Waals surface area contributed by atoms with E-state index < -0.39 is 0 Å². The molecule has 0 saturated carbocycles. The Hall–Kier alpha value is -2.11. The molecule has 6 nitrogen and oxygen atoms in total. The van der Waals surface area contributed by atoms with Crippen molar-refractivity contribution >= 4 is 17.7 Å². The SMILES string of the molecule is CCn1c(C)cc(C(=O)CN2C(=O)[C@@H]3CCCN3C2=O)c1C. The number of imide groups is 1. The number of carbonyl (C=O) groups excluding carboxylic acids is 3. The second-order valence-electron chi connectivity index (χ2n) is 6.01. The monoisotopic (exact) mass is 303 g/mol. The smallest absolute Gasteiger partial charge is 0.327 e. The van der Waals surface area contributed by atoms with Crippen molar-refractivity contribution in [1.29, 1.82) is 0 Å². The third kappa shape index (κ3) is 2.05. The van der Waals surface area contributed by atoms with Gasteiger partial charge >= 0.3 is 6.03 Å². The Kier molecular flexibility index (Phi) is 3.54. The highest BCUT2D eigenvalue weighted by Gasteiger charge is 2.47. The Morgan fingerprint density at radius 1 is 1.32 bits per heavy atom. The molecule has 0 N–H and O–H groups in total. The largest absolute Gasteiger partial charge is 0.349 e. The summed E-state index contributed by atoms with van der Waals surface area (Å²) in [5.74, 6) is -0.393. The van der Waals surface area contributed by atoms with Gasteiger partial charge in [0.1, 0.15) is 6.04 Å². The molecule has 118 valence electrons. The van der Waals surface area contributed by atoms with E-state index in [1.54, 1.807) is 4.90 Å². The quantitative estimate of drug-likeness (QED) is 0.628. The third-order valence-corrected chi connectivity index (χ3v) is 4.77. The third-order valence-electron chi connectivity index (χ3n) is 4.77. The van der Waals surface area contributed by atoms with Crippen LogP contribution in [0.15, 0.2) is 6.07 Å². The van der Waals surface area contributed by atoms with Crippen LogP contribution in [0.5, 0.6) is 0 Å². The predicted octanol–water partition coefficient (Wildman–Crippen LogP) is 1.73. The lowest BCUT2D eigenvalue weighted by Gasteiger charge is -2.14. The molecule has 2 fully saturated rings. The van der Waals surface area contributed by atoms with Gasteiger partial charge in [0, 0.05) is 30.0 Å². The van der Waals surface area contributed by atoms with Crippen LogP contribution in [0, 0.1) is 13.8 Å². The average molecular weight is 303 g/mol. The van der Waals surface area contributed by atoms with Gasteiger partial charge in [0.2, 0.25) is 0 Å². The van der Waals surface area contributed by atoms with E-state index in [4.69, 9.17) is 0 Å². The Morgan fingerprint density at radius 2 is 2.05 bits per heavy atom.